The maximum Gasteiger partial charge on any atom is 0.166 e. The van der Waals surface area contributed by atoms with E-state index >= 15 is 0 Å². The lowest BCUT2D eigenvalue weighted by molar-refractivity contribution is -0.128. The topological polar surface area (TPSA) is 52.3 Å². The summed E-state index contributed by atoms with van der Waals surface area (Å²) in [6, 6.07) is 3.82. The minimum absolute atomic E-state index is 0.0693. The molecular weight excluding hydrogens is 240 g/mol. The molecular formula is C13H15F2NO2. The van der Waals surface area contributed by atoms with Crippen molar-refractivity contribution < 1.29 is 18.3 Å². The molecule has 1 heterocycles. The first-order valence-electron chi connectivity index (χ1n) is 5.93. The zero-order chi connectivity index (χ0) is 13.1. The molecule has 0 aromatic heterocycles. The van der Waals surface area contributed by atoms with Gasteiger partial charge in [-0.25, -0.2) is 8.78 Å². The third-order valence-corrected chi connectivity index (χ3v) is 3.13. The average Bonchev–Trinajstić information content (AvgIpc) is 2.83. The van der Waals surface area contributed by atoms with Crippen LogP contribution in [0.5, 0.6) is 0 Å². The summed E-state index contributed by atoms with van der Waals surface area (Å²) >= 11 is 0. The number of rotatable bonds is 4. The van der Waals surface area contributed by atoms with Crippen LogP contribution in [0, 0.1) is 11.6 Å². The number of hydrogen-bond acceptors (Lipinski definition) is 3. The van der Waals surface area contributed by atoms with E-state index in [1.807, 2.05) is 0 Å². The van der Waals surface area contributed by atoms with Crippen LogP contribution in [0.1, 0.15) is 18.4 Å². The molecule has 2 unspecified atom stereocenters. The fraction of sp³-hybridized carbons (Fsp3) is 0.462. The molecule has 0 spiro atoms. The van der Waals surface area contributed by atoms with Crippen molar-refractivity contribution in [1.29, 1.82) is 0 Å². The molecule has 0 aliphatic carbocycles. The second-order valence-electron chi connectivity index (χ2n) is 4.42. The molecule has 2 rings (SSSR count). The molecule has 0 saturated carbocycles. The molecule has 0 radical (unpaired) electrons. The predicted molar refractivity (Wildman–Crippen MR) is 62.0 cm³/mol. The molecule has 98 valence electrons. The Bertz CT molecular complexity index is 451. The summed E-state index contributed by atoms with van der Waals surface area (Å²) in [5, 5.41) is 0. The largest absolute Gasteiger partial charge is 0.366 e. The van der Waals surface area contributed by atoms with Gasteiger partial charge in [0.05, 0.1) is 6.10 Å². The molecule has 1 fully saturated rings. The Hall–Kier alpha value is -1.33. The Morgan fingerprint density at radius 3 is 2.83 bits per heavy atom. The van der Waals surface area contributed by atoms with E-state index in [-0.39, 0.29) is 23.9 Å². The summed E-state index contributed by atoms with van der Waals surface area (Å²) in [6.45, 7) is 0.373. The van der Waals surface area contributed by atoms with E-state index in [0.717, 1.165) is 12.5 Å². The number of ketones is 1. The molecule has 1 aliphatic rings. The van der Waals surface area contributed by atoms with Crippen molar-refractivity contribution in [3.05, 3.63) is 35.4 Å². The van der Waals surface area contributed by atoms with Crippen LogP contribution in [0.3, 0.4) is 0 Å². The highest BCUT2D eigenvalue weighted by molar-refractivity contribution is 5.85. The normalized spacial score (nSPS) is 23.3. The van der Waals surface area contributed by atoms with Gasteiger partial charge in [0.15, 0.2) is 17.4 Å². The van der Waals surface area contributed by atoms with Crippen molar-refractivity contribution in [2.75, 3.05) is 6.54 Å². The van der Waals surface area contributed by atoms with Crippen molar-refractivity contribution in [1.82, 2.24) is 0 Å². The smallest absolute Gasteiger partial charge is 0.166 e. The minimum Gasteiger partial charge on any atom is -0.366 e. The standard InChI is InChI=1S/C13H15F2NO2/c14-10-3-1-2-8(13(10)15)6-11(17)12-5-4-9(7-16)18-12/h1-3,9,12H,4-7,16H2. The number of hydrogen-bond donors (Lipinski definition) is 1. The van der Waals surface area contributed by atoms with Crippen LogP contribution in [0.25, 0.3) is 0 Å². The summed E-state index contributed by atoms with van der Waals surface area (Å²) in [5.41, 5.74) is 5.52. The Morgan fingerprint density at radius 1 is 1.39 bits per heavy atom. The third kappa shape index (κ3) is 2.73. The Morgan fingerprint density at radius 2 is 2.17 bits per heavy atom. The van der Waals surface area contributed by atoms with Gasteiger partial charge in [-0.05, 0) is 24.5 Å². The number of nitrogens with two attached hydrogens (primary N) is 1. The first-order chi connectivity index (χ1) is 8.61. The fourth-order valence-electron chi connectivity index (χ4n) is 2.10. The second-order valence-corrected chi connectivity index (χ2v) is 4.42. The van der Waals surface area contributed by atoms with Crippen molar-refractivity contribution in [3.8, 4) is 0 Å². The molecule has 2 atom stereocenters. The van der Waals surface area contributed by atoms with Gasteiger partial charge in [0.2, 0.25) is 0 Å². The average molecular weight is 255 g/mol. The molecule has 2 N–H and O–H groups in total. The van der Waals surface area contributed by atoms with Gasteiger partial charge >= 0.3 is 0 Å². The van der Waals surface area contributed by atoms with E-state index in [2.05, 4.69) is 0 Å². The van der Waals surface area contributed by atoms with Gasteiger partial charge in [0.1, 0.15) is 6.10 Å². The second kappa shape index (κ2) is 5.54. The Labute approximate surface area is 104 Å². The van der Waals surface area contributed by atoms with Crippen molar-refractivity contribution in [2.45, 2.75) is 31.5 Å². The first-order valence-corrected chi connectivity index (χ1v) is 5.93. The maximum absolute atomic E-state index is 13.4. The predicted octanol–water partition coefficient (Wildman–Crippen LogP) is 1.58. The van der Waals surface area contributed by atoms with E-state index in [0.29, 0.717) is 13.0 Å². The van der Waals surface area contributed by atoms with Gasteiger partial charge in [-0.15, -0.1) is 0 Å². The van der Waals surface area contributed by atoms with E-state index in [9.17, 15) is 13.6 Å². The van der Waals surface area contributed by atoms with E-state index in [4.69, 9.17) is 10.5 Å². The van der Waals surface area contributed by atoms with Gasteiger partial charge in [-0.2, -0.15) is 0 Å². The molecule has 1 aromatic carbocycles. The molecule has 0 bridgehead atoms. The number of ether oxygens (including phenoxy) is 1. The summed E-state index contributed by atoms with van der Waals surface area (Å²) in [7, 11) is 0. The summed E-state index contributed by atoms with van der Waals surface area (Å²) in [6.07, 6.45) is 0.541. The maximum atomic E-state index is 13.4. The van der Waals surface area contributed by atoms with Crippen LogP contribution in [0.4, 0.5) is 8.78 Å². The lowest BCUT2D eigenvalue weighted by atomic mass is 10.0. The van der Waals surface area contributed by atoms with E-state index in [1.165, 1.54) is 12.1 Å². The van der Waals surface area contributed by atoms with Crippen LogP contribution in [0.2, 0.25) is 0 Å². The molecule has 1 aromatic rings. The zero-order valence-electron chi connectivity index (χ0n) is 9.86. The van der Waals surface area contributed by atoms with Crippen LogP contribution in [-0.4, -0.2) is 24.5 Å². The SMILES string of the molecule is NCC1CCC(C(=O)Cc2cccc(F)c2F)O1. The van der Waals surface area contributed by atoms with Gasteiger partial charge in [-0.3, -0.25) is 4.79 Å². The molecule has 0 amide bonds. The lowest BCUT2D eigenvalue weighted by Crippen LogP contribution is -2.26. The summed E-state index contributed by atoms with van der Waals surface area (Å²) in [5.74, 6) is -2.12. The number of carbonyl (C=O) groups is 1. The molecule has 3 nitrogen and oxygen atoms in total. The fourth-order valence-corrected chi connectivity index (χ4v) is 2.10. The highest BCUT2D eigenvalue weighted by Crippen LogP contribution is 2.22. The Kier molecular flexibility index (Phi) is 4.04. The quantitative estimate of drug-likeness (QED) is 0.888. The third-order valence-electron chi connectivity index (χ3n) is 3.13. The van der Waals surface area contributed by atoms with Crippen molar-refractivity contribution in [2.24, 2.45) is 5.73 Å². The van der Waals surface area contributed by atoms with Gasteiger partial charge in [0, 0.05) is 13.0 Å². The van der Waals surface area contributed by atoms with Crippen LogP contribution < -0.4 is 5.73 Å². The van der Waals surface area contributed by atoms with Gasteiger partial charge in [0.25, 0.3) is 0 Å². The highest BCUT2D eigenvalue weighted by atomic mass is 19.2. The van der Waals surface area contributed by atoms with Crippen molar-refractivity contribution >= 4 is 5.78 Å². The zero-order valence-corrected chi connectivity index (χ0v) is 9.86. The van der Waals surface area contributed by atoms with E-state index in [1.54, 1.807) is 0 Å². The Balaban J connectivity index is 2.01. The summed E-state index contributed by atoms with van der Waals surface area (Å²) in [4.78, 5) is 11.9. The minimum atomic E-state index is -0.959. The molecule has 18 heavy (non-hydrogen) atoms. The van der Waals surface area contributed by atoms with Crippen molar-refractivity contribution in [3.63, 3.8) is 0 Å². The van der Waals surface area contributed by atoms with E-state index < -0.39 is 17.7 Å². The van der Waals surface area contributed by atoms with Crippen LogP contribution in [-0.2, 0) is 16.0 Å². The number of halogens is 2. The van der Waals surface area contributed by atoms with Gasteiger partial charge < -0.3 is 10.5 Å². The number of carbonyl (C=O) groups excluding carboxylic acids is 1. The monoisotopic (exact) mass is 255 g/mol. The van der Waals surface area contributed by atoms with Gasteiger partial charge in [-0.1, -0.05) is 12.1 Å². The highest BCUT2D eigenvalue weighted by Gasteiger charge is 2.30. The summed E-state index contributed by atoms with van der Waals surface area (Å²) < 4.78 is 31.8. The van der Waals surface area contributed by atoms with Crippen LogP contribution >= 0.6 is 0 Å². The number of Topliss-reactive ketones (excluding diaryl/α,β-unsaturated/α-hetero) is 1. The van der Waals surface area contributed by atoms with Crippen LogP contribution in [0.15, 0.2) is 18.2 Å². The molecule has 1 aliphatic heterocycles. The number of benzene rings is 1. The molecule has 5 heteroatoms. The lowest BCUT2D eigenvalue weighted by Gasteiger charge is -2.11. The first kappa shape index (κ1) is 13.1. The molecule has 1 saturated heterocycles.